The predicted octanol–water partition coefficient (Wildman–Crippen LogP) is 2.59. The number of rotatable bonds is 4. The lowest BCUT2D eigenvalue weighted by molar-refractivity contribution is 0.284. The van der Waals surface area contributed by atoms with Crippen molar-refractivity contribution < 1.29 is 9.47 Å². The van der Waals surface area contributed by atoms with Crippen molar-refractivity contribution >= 4 is 23.4 Å². The molecule has 0 spiro atoms. The fourth-order valence-electron chi connectivity index (χ4n) is 2.83. The Labute approximate surface area is 144 Å². The number of dihydropyridines is 1. The van der Waals surface area contributed by atoms with E-state index >= 15 is 0 Å². The fraction of sp³-hybridized carbons (Fsp3) is 0.158. The molecule has 0 aromatic heterocycles. The molecule has 4 nitrogen and oxygen atoms in total. The molecule has 0 saturated carbocycles. The molecule has 24 heavy (non-hydrogen) atoms. The number of aliphatic imine (C=N–C) groups is 1. The molecule has 0 fully saturated rings. The van der Waals surface area contributed by atoms with Gasteiger partial charge in [0, 0.05) is 23.1 Å². The second kappa shape index (κ2) is 6.13. The molecule has 0 saturated heterocycles. The van der Waals surface area contributed by atoms with Crippen molar-refractivity contribution in [3.63, 3.8) is 0 Å². The molecule has 2 aliphatic heterocycles. The zero-order valence-corrected chi connectivity index (χ0v) is 13.8. The molecule has 0 amide bonds. The maximum Gasteiger partial charge on any atom is 0.163 e. The molecule has 5 heteroatoms. The van der Waals surface area contributed by atoms with Crippen molar-refractivity contribution in [1.29, 1.82) is 0 Å². The molecule has 0 N–H and O–H groups in total. The van der Waals surface area contributed by atoms with Gasteiger partial charge in [0.1, 0.15) is 6.61 Å². The monoisotopic (exact) mass is 338 g/mol. The van der Waals surface area contributed by atoms with Crippen LogP contribution in [0.2, 0.25) is 0 Å². The minimum absolute atomic E-state index is 0.421. The van der Waals surface area contributed by atoms with Crippen molar-refractivity contribution in [3.8, 4) is 11.5 Å². The van der Waals surface area contributed by atoms with Crippen molar-refractivity contribution in [2.45, 2.75) is 12.1 Å². The highest BCUT2D eigenvalue weighted by Crippen LogP contribution is 2.29. The van der Waals surface area contributed by atoms with Crippen LogP contribution in [0.25, 0.3) is 5.57 Å². The number of methoxy groups -OCH3 is 1. The van der Waals surface area contributed by atoms with Crippen LogP contribution in [0.3, 0.4) is 0 Å². The number of fused-ring (bicyclic) bond motifs is 2. The average molecular weight is 339 g/mol. The number of hydrogen-bond acceptors (Lipinski definition) is 4. The second-order valence-corrected chi connectivity index (χ2v) is 5.92. The molecule has 2 aromatic carbocycles. The maximum absolute atomic E-state index is 6.31. The van der Waals surface area contributed by atoms with Crippen LogP contribution < -0.4 is 20.0 Å². The fourth-order valence-corrected chi connectivity index (χ4v) is 3.13. The highest BCUT2D eigenvalue weighted by Gasteiger charge is 2.23. The summed E-state index contributed by atoms with van der Waals surface area (Å²) in [6, 6.07) is 13.8. The molecule has 0 bridgehead atoms. The summed E-state index contributed by atoms with van der Waals surface area (Å²) in [5, 5.41) is 1.78. The highest BCUT2D eigenvalue weighted by atomic mass is 35.5. The number of allylic oxidation sites excluding steroid dienone is 1. The van der Waals surface area contributed by atoms with E-state index in [1.807, 2.05) is 48.5 Å². The third-order valence-electron chi connectivity index (χ3n) is 4.01. The molecule has 2 aromatic rings. The first kappa shape index (κ1) is 15.0. The Morgan fingerprint density at radius 2 is 1.96 bits per heavy atom. The lowest BCUT2D eigenvalue weighted by Gasteiger charge is -2.12. The van der Waals surface area contributed by atoms with Gasteiger partial charge in [-0.2, -0.15) is 0 Å². The van der Waals surface area contributed by atoms with Crippen LogP contribution in [0.5, 0.6) is 11.5 Å². The molecule has 0 aliphatic carbocycles. The van der Waals surface area contributed by atoms with E-state index in [4.69, 9.17) is 21.1 Å². The topological polar surface area (TPSA) is 43.2 Å². The van der Waals surface area contributed by atoms with Crippen molar-refractivity contribution in [2.75, 3.05) is 7.11 Å². The van der Waals surface area contributed by atoms with Crippen LogP contribution in [0.1, 0.15) is 5.56 Å². The summed E-state index contributed by atoms with van der Waals surface area (Å²) in [6.45, 7) is 0.469. The van der Waals surface area contributed by atoms with Gasteiger partial charge in [-0.05, 0) is 17.7 Å². The van der Waals surface area contributed by atoms with E-state index < -0.39 is 5.50 Å². The largest absolute Gasteiger partial charge is 0.493 e. The average Bonchev–Trinajstić information content (AvgIpc) is 2.98. The Morgan fingerprint density at radius 1 is 1.12 bits per heavy atom. The molecular weight excluding hydrogens is 324 g/mol. The minimum atomic E-state index is -0.421. The van der Waals surface area contributed by atoms with E-state index in [1.54, 1.807) is 13.3 Å². The Morgan fingerprint density at radius 3 is 2.75 bits per heavy atom. The molecule has 120 valence electrons. The van der Waals surface area contributed by atoms with E-state index in [1.165, 1.54) is 0 Å². The summed E-state index contributed by atoms with van der Waals surface area (Å²) in [5.74, 6) is 1.32. The van der Waals surface area contributed by atoms with Crippen molar-refractivity contribution in [1.82, 2.24) is 0 Å². The molecule has 2 aliphatic rings. The second-order valence-electron chi connectivity index (χ2n) is 5.51. The number of alkyl halides is 1. The molecular formula is C19H15ClN2O2. The number of benzene rings is 2. The standard InChI is InChI=1S/C19H15ClN2O2/c1-23-16-9-13-15(22-14-7-8-21-19(20)18(13)14)10-17(16)24-11-12-5-3-2-4-6-12/h2-10,19H,11H2,1H3. The lowest BCUT2D eigenvalue weighted by atomic mass is 10.1. The summed E-state index contributed by atoms with van der Waals surface area (Å²) in [6.07, 6.45) is 3.56. The summed E-state index contributed by atoms with van der Waals surface area (Å²) in [5.41, 5.74) is 2.44. The van der Waals surface area contributed by atoms with Crippen LogP contribution in [0.4, 0.5) is 0 Å². The Balaban J connectivity index is 1.74. The number of nitrogens with zero attached hydrogens (tertiary/aromatic N) is 2. The smallest absolute Gasteiger partial charge is 0.163 e. The quantitative estimate of drug-likeness (QED) is 0.635. The Hall–Kier alpha value is -2.59. The normalized spacial score (nSPS) is 17.7. The van der Waals surface area contributed by atoms with Gasteiger partial charge in [0.15, 0.2) is 17.0 Å². The van der Waals surface area contributed by atoms with Gasteiger partial charge in [-0.25, -0.2) is 4.99 Å². The van der Waals surface area contributed by atoms with E-state index in [-0.39, 0.29) is 0 Å². The number of halogens is 1. The SMILES string of the molecule is COc1cc2c(cc1OCc1ccccc1)=NC1=CC=NC(Cl)C=21. The van der Waals surface area contributed by atoms with E-state index in [9.17, 15) is 0 Å². The van der Waals surface area contributed by atoms with Crippen molar-refractivity contribution in [3.05, 3.63) is 70.4 Å². The van der Waals surface area contributed by atoms with Crippen LogP contribution in [0, 0.1) is 0 Å². The molecule has 0 radical (unpaired) electrons. The van der Waals surface area contributed by atoms with Gasteiger partial charge in [-0.3, -0.25) is 4.99 Å². The summed E-state index contributed by atoms with van der Waals surface area (Å²) in [4.78, 5) is 8.85. The van der Waals surface area contributed by atoms with E-state index in [2.05, 4.69) is 9.98 Å². The Bertz CT molecular complexity index is 965. The third-order valence-corrected chi connectivity index (χ3v) is 4.34. The van der Waals surface area contributed by atoms with Crippen LogP contribution in [0.15, 0.2) is 64.2 Å². The van der Waals surface area contributed by atoms with Gasteiger partial charge in [0.25, 0.3) is 0 Å². The lowest BCUT2D eigenvalue weighted by Crippen LogP contribution is -2.26. The van der Waals surface area contributed by atoms with Gasteiger partial charge in [0.05, 0.1) is 18.2 Å². The molecule has 1 unspecified atom stereocenters. The van der Waals surface area contributed by atoms with Gasteiger partial charge in [-0.15, -0.1) is 0 Å². The number of hydrogen-bond donors (Lipinski definition) is 0. The summed E-state index contributed by atoms with van der Waals surface area (Å²) in [7, 11) is 1.63. The van der Waals surface area contributed by atoms with Crippen LogP contribution >= 0.6 is 11.6 Å². The van der Waals surface area contributed by atoms with E-state index in [0.29, 0.717) is 18.1 Å². The Kier molecular flexibility index (Phi) is 3.82. The van der Waals surface area contributed by atoms with Crippen LogP contribution in [-0.2, 0) is 6.61 Å². The summed E-state index contributed by atoms with van der Waals surface area (Å²) < 4.78 is 11.4. The molecule has 4 rings (SSSR count). The minimum Gasteiger partial charge on any atom is -0.493 e. The van der Waals surface area contributed by atoms with Gasteiger partial charge in [-0.1, -0.05) is 41.9 Å². The highest BCUT2D eigenvalue weighted by molar-refractivity contribution is 6.27. The first-order chi connectivity index (χ1) is 11.8. The van der Waals surface area contributed by atoms with Gasteiger partial charge >= 0.3 is 0 Å². The maximum atomic E-state index is 6.31. The zero-order chi connectivity index (χ0) is 16.5. The predicted molar refractivity (Wildman–Crippen MR) is 94.2 cm³/mol. The number of ether oxygens (including phenoxy) is 2. The van der Waals surface area contributed by atoms with E-state index in [0.717, 1.165) is 27.4 Å². The summed E-state index contributed by atoms with van der Waals surface area (Å²) >= 11 is 6.31. The van der Waals surface area contributed by atoms with Crippen molar-refractivity contribution in [2.24, 2.45) is 9.98 Å². The molecule has 2 heterocycles. The first-order valence-electron chi connectivity index (χ1n) is 7.62. The van der Waals surface area contributed by atoms with Crippen LogP contribution in [-0.4, -0.2) is 18.8 Å². The zero-order valence-electron chi connectivity index (χ0n) is 13.1. The van der Waals surface area contributed by atoms with Gasteiger partial charge in [0.2, 0.25) is 0 Å². The first-order valence-corrected chi connectivity index (χ1v) is 8.05. The van der Waals surface area contributed by atoms with Gasteiger partial charge < -0.3 is 9.47 Å². The third kappa shape index (κ3) is 2.59. The molecule has 1 atom stereocenters.